The summed E-state index contributed by atoms with van der Waals surface area (Å²) < 4.78 is 7.79. The maximum Gasteiger partial charge on any atom is 0.108 e. The van der Waals surface area contributed by atoms with E-state index in [1.807, 2.05) is 35.3 Å². The molecule has 6 heteroatoms. The largest absolute Gasteiger partial charge is 0.370 e. The van der Waals surface area contributed by atoms with Gasteiger partial charge in [-0.1, -0.05) is 41.6 Å². The number of H-pyrrole nitrogens is 1. The summed E-state index contributed by atoms with van der Waals surface area (Å²) in [5.74, 6) is 0. The zero-order chi connectivity index (χ0) is 19.5. The SMILES string of the molecule is c1ccc(COCc2cn(C3CCN(Cc4ccc5[nH]ccc5c4)C3)nn2)cc1. The summed E-state index contributed by atoms with van der Waals surface area (Å²) >= 11 is 0. The lowest BCUT2D eigenvalue weighted by Gasteiger charge is -2.16. The van der Waals surface area contributed by atoms with Crippen LogP contribution in [0.25, 0.3) is 10.9 Å². The van der Waals surface area contributed by atoms with E-state index in [9.17, 15) is 0 Å². The van der Waals surface area contributed by atoms with Crippen LogP contribution in [0.15, 0.2) is 67.0 Å². The quantitative estimate of drug-likeness (QED) is 0.522. The second kappa shape index (κ2) is 8.19. The average Bonchev–Trinajstić information content (AvgIpc) is 3.49. The Morgan fingerprint density at radius 2 is 1.97 bits per heavy atom. The summed E-state index contributed by atoms with van der Waals surface area (Å²) in [6, 6.07) is 19.4. The number of hydrogen-bond acceptors (Lipinski definition) is 4. The molecule has 29 heavy (non-hydrogen) atoms. The Labute approximate surface area is 170 Å². The van der Waals surface area contributed by atoms with Gasteiger partial charge in [-0.3, -0.25) is 4.90 Å². The number of rotatable bonds is 7. The molecule has 1 unspecified atom stereocenters. The van der Waals surface area contributed by atoms with Gasteiger partial charge in [0.25, 0.3) is 0 Å². The van der Waals surface area contributed by atoms with Crippen molar-refractivity contribution in [2.75, 3.05) is 13.1 Å². The van der Waals surface area contributed by atoms with Crippen molar-refractivity contribution in [3.63, 3.8) is 0 Å². The smallest absolute Gasteiger partial charge is 0.108 e. The van der Waals surface area contributed by atoms with Gasteiger partial charge in [0.15, 0.2) is 0 Å². The van der Waals surface area contributed by atoms with Gasteiger partial charge < -0.3 is 9.72 Å². The van der Waals surface area contributed by atoms with Crippen molar-refractivity contribution < 1.29 is 4.74 Å². The van der Waals surface area contributed by atoms with E-state index in [0.717, 1.165) is 31.7 Å². The predicted octanol–water partition coefficient (Wildman–Crippen LogP) is 3.92. The third-order valence-corrected chi connectivity index (χ3v) is 5.56. The molecule has 0 saturated carbocycles. The monoisotopic (exact) mass is 387 g/mol. The first-order chi connectivity index (χ1) is 14.3. The highest BCUT2D eigenvalue weighted by Gasteiger charge is 2.25. The number of hydrogen-bond donors (Lipinski definition) is 1. The highest BCUT2D eigenvalue weighted by molar-refractivity contribution is 5.79. The molecule has 0 radical (unpaired) electrons. The molecule has 1 atom stereocenters. The lowest BCUT2D eigenvalue weighted by atomic mass is 10.1. The molecule has 0 bridgehead atoms. The average molecular weight is 387 g/mol. The molecule has 5 rings (SSSR count). The van der Waals surface area contributed by atoms with Gasteiger partial charge in [-0.05, 0) is 41.1 Å². The van der Waals surface area contributed by atoms with Crippen LogP contribution in [0.1, 0.15) is 29.3 Å². The Kier molecular flexibility index (Phi) is 5.11. The number of aromatic amines is 1. The normalized spacial score (nSPS) is 17.3. The van der Waals surface area contributed by atoms with Crippen LogP contribution in [0.3, 0.4) is 0 Å². The van der Waals surface area contributed by atoms with Crippen LogP contribution in [0.2, 0.25) is 0 Å². The highest BCUT2D eigenvalue weighted by Crippen LogP contribution is 2.24. The van der Waals surface area contributed by atoms with Gasteiger partial charge in [0.1, 0.15) is 5.69 Å². The second-order valence-corrected chi connectivity index (χ2v) is 7.75. The fourth-order valence-electron chi connectivity index (χ4n) is 4.04. The molecule has 0 amide bonds. The minimum Gasteiger partial charge on any atom is -0.370 e. The number of aromatic nitrogens is 4. The maximum absolute atomic E-state index is 5.78. The van der Waals surface area contributed by atoms with Crippen molar-refractivity contribution in [2.45, 2.75) is 32.2 Å². The van der Waals surface area contributed by atoms with Gasteiger partial charge in [-0.2, -0.15) is 0 Å². The van der Waals surface area contributed by atoms with Crippen molar-refractivity contribution in [3.05, 3.63) is 83.8 Å². The molecule has 148 valence electrons. The van der Waals surface area contributed by atoms with E-state index in [4.69, 9.17) is 4.74 Å². The van der Waals surface area contributed by atoms with Crippen LogP contribution in [0.4, 0.5) is 0 Å². The van der Waals surface area contributed by atoms with Gasteiger partial charge in [-0.25, -0.2) is 4.68 Å². The maximum atomic E-state index is 5.78. The van der Waals surface area contributed by atoms with Crippen molar-refractivity contribution in [2.24, 2.45) is 0 Å². The molecule has 0 spiro atoms. The van der Waals surface area contributed by atoms with E-state index >= 15 is 0 Å². The minimum absolute atomic E-state index is 0.376. The summed E-state index contributed by atoms with van der Waals surface area (Å²) in [6.45, 7) is 4.13. The zero-order valence-electron chi connectivity index (χ0n) is 16.4. The number of ether oxygens (including phenoxy) is 1. The summed E-state index contributed by atoms with van der Waals surface area (Å²) in [4.78, 5) is 5.74. The topological polar surface area (TPSA) is 59.0 Å². The van der Waals surface area contributed by atoms with Crippen LogP contribution in [0, 0.1) is 0 Å². The van der Waals surface area contributed by atoms with E-state index in [2.05, 4.69) is 56.6 Å². The molecule has 1 N–H and O–H groups in total. The van der Waals surface area contributed by atoms with Gasteiger partial charge in [0.05, 0.1) is 25.5 Å². The van der Waals surface area contributed by atoms with E-state index < -0.39 is 0 Å². The molecule has 0 aliphatic carbocycles. The lowest BCUT2D eigenvalue weighted by molar-refractivity contribution is 0.104. The molecule has 3 heterocycles. The molecule has 6 nitrogen and oxygen atoms in total. The summed E-state index contributed by atoms with van der Waals surface area (Å²) in [5.41, 5.74) is 4.60. The van der Waals surface area contributed by atoms with E-state index in [1.165, 1.54) is 22.0 Å². The van der Waals surface area contributed by atoms with Crippen LogP contribution >= 0.6 is 0 Å². The number of nitrogens with zero attached hydrogens (tertiary/aromatic N) is 4. The van der Waals surface area contributed by atoms with Crippen LogP contribution < -0.4 is 0 Å². The fraction of sp³-hybridized carbons (Fsp3) is 0.304. The molecule has 1 aliphatic heterocycles. The zero-order valence-corrected chi connectivity index (χ0v) is 16.4. The molecule has 4 aromatic rings. The second-order valence-electron chi connectivity index (χ2n) is 7.75. The van der Waals surface area contributed by atoms with E-state index in [0.29, 0.717) is 19.3 Å². The van der Waals surface area contributed by atoms with Gasteiger partial charge in [0.2, 0.25) is 0 Å². The summed E-state index contributed by atoms with van der Waals surface area (Å²) in [7, 11) is 0. The minimum atomic E-state index is 0.376. The van der Waals surface area contributed by atoms with Crippen molar-refractivity contribution in [3.8, 4) is 0 Å². The Bertz CT molecular complexity index is 1070. The molecule has 2 aromatic heterocycles. The number of likely N-dealkylation sites (tertiary alicyclic amines) is 1. The fourth-order valence-corrected chi connectivity index (χ4v) is 4.04. The van der Waals surface area contributed by atoms with Crippen LogP contribution in [-0.2, 0) is 24.5 Å². The molecule has 1 aliphatic rings. The molecular weight excluding hydrogens is 362 g/mol. The lowest BCUT2D eigenvalue weighted by Crippen LogP contribution is -2.21. The molecule has 1 saturated heterocycles. The summed E-state index contributed by atoms with van der Waals surface area (Å²) in [6.07, 6.45) is 5.12. The van der Waals surface area contributed by atoms with Gasteiger partial charge in [0, 0.05) is 31.3 Å². The number of nitrogens with one attached hydrogen (secondary N) is 1. The van der Waals surface area contributed by atoms with Gasteiger partial charge in [-0.15, -0.1) is 5.10 Å². The van der Waals surface area contributed by atoms with E-state index in [-0.39, 0.29) is 0 Å². The molecule has 1 fully saturated rings. The predicted molar refractivity (Wildman–Crippen MR) is 112 cm³/mol. The molecule has 2 aromatic carbocycles. The first-order valence-corrected chi connectivity index (χ1v) is 10.1. The van der Waals surface area contributed by atoms with E-state index in [1.54, 1.807) is 0 Å². The Morgan fingerprint density at radius 1 is 1.03 bits per heavy atom. The van der Waals surface area contributed by atoms with Crippen molar-refractivity contribution in [1.82, 2.24) is 24.9 Å². The standard InChI is InChI=1S/C23H25N5O/c1-2-4-18(5-3-1)16-29-17-21-14-28(26-25-21)22-9-11-27(15-22)13-19-6-7-23-20(12-19)8-10-24-23/h1-8,10,12,14,22,24H,9,11,13,15-17H2. The first kappa shape index (κ1) is 18.1. The number of benzene rings is 2. The summed E-state index contributed by atoms with van der Waals surface area (Å²) in [5, 5.41) is 9.92. The Hall–Kier alpha value is -2.96. The Morgan fingerprint density at radius 3 is 2.90 bits per heavy atom. The van der Waals surface area contributed by atoms with Crippen LogP contribution in [-0.4, -0.2) is 38.0 Å². The number of fused-ring (bicyclic) bond motifs is 1. The van der Waals surface area contributed by atoms with Crippen LogP contribution in [0.5, 0.6) is 0 Å². The van der Waals surface area contributed by atoms with Gasteiger partial charge >= 0.3 is 0 Å². The van der Waals surface area contributed by atoms with Crippen molar-refractivity contribution >= 4 is 10.9 Å². The highest BCUT2D eigenvalue weighted by atomic mass is 16.5. The third kappa shape index (κ3) is 4.23. The Balaban J connectivity index is 1.14. The van der Waals surface area contributed by atoms with Crippen molar-refractivity contribution in [1.29, 1.82) is 0 Å². The molecular formula is C23H25N5O. The third-order valence-electron chi connectivity index (χ3n) is 5.56. The first-order valence-electron chi connectivity index (χ1n) is 10.1.